The molecule has 1 amide bonds. The number of benzene rings is 3. The SMILES string of the molecule is CCOc1cc(/C=C2/SC(=Nc3ccc(OC)cc3)N(CC)C2=O)ccc1OCc1ccc(C)cc1. The average molecular weight is 503 g/mol. The zero-order valence-electron chi connectivity index (χ0n) is 21.0. The second-order valence-electron chi connectivity index (χ2n) is 8.17. The number of aryl methyl sites for hydroxylation is 1. The zero-order chi connectivity index (χ0) is 25.5. The molecule has 0 aliphatic carbocycles. The molecule has 186 valence electrons. The molecule has 0 saturated carbocycles. The molecule has 3 aromatic carbocycles. The lowest BCUT2D eigenvalue weighted by Gasteiger charge is -2.13. The Kier molecular flexibility index (Phi) is 8.33. The molecule has 1 aliphatic heterocycles. The molecule has 0 aromatic heterocycles. The third-order valence-corrected chi connectivity index (χ3v) is 6.59. The molecule has 0 spiro atoms. The van der Waals surface area contributed by atoms with E-state index in [2.05, 4.69) is 31.2 Å². The van der Waals surface area contributed by atoms with Crippen LogP contribution in [0.5, 0.6) is 17.2 Å². The van der Waals surface area contributed by atoms with Gasteiger partial charge in [-0.3, -0.25) is 9.69 Å². The summed E-state index contributed by atoms with van der Waals surface area (Å²) in [6.07, 6.45) is 1.87. The Bertz CT molecular complexity index is 1270. The number of hydrogen-bond acceptors (Lipinski definition) is 6. The number of amidine groups is 1. The number of methoxy groups -OCH3 is 1. The Morgan fingerprint density at radius 1 is 0.944 bits per heavy atom. The minimum absolute atomic E-state index is 0.0626. The van der Waals surface area contributed by atoms with Gasteiger partial charge in [0, 0.05) is 6.54 Å². The highest BCUT2D eigenvalue weighted by molar-refractivity contribution is 8.18. The quantitative estimate of drug-likeness (QED) is 0.308. The van der Waals surface area contributed by atoms with Gasteiger partial charge in [0.05, 0.1) is 24.3 Å². The number of hydrogen-bond donors (Lipinski definition) is 0. The smallest absolute Gasteiger partial charge is 0.266 e. The third kappa shape index (κ3) is 6.10. The molecule has 1 aliphatic rings. The number of ether oxygens (including phenoxy) is 3. The summed E-state index contributed by atoms with van der Waals surface area (Å²) >= 11 is 1.37. The lowest BCUT2D eigenvalue weighted by molar-refractivity contribution is -0.122. The first kappa shape index (κ1) is 25.4. The van der Waals surface area contributed by atoms with Crippen molar-refractivity contribution < 1.29 is 19.0 Å². The van der Waals surface area contributed by atoms with Gasteiger partial charge < -0.3 is 14.2 Å². The summed E-state index contributed by atoms with van der Waals surface area (Å²) in [6.45, 7) is 7.44. The number of carbonyl (C=O) groups is 1. The van der Waals surface area contributed by atoms with E-state index in [1.807, 2.05) is 62.4 Å². The van der Waals surface area contributed by atoms with Gasteiger partial charge in [0.25, 0.3) is 5.91 Å². The maximum Gasteiger partial charge on any atom is 0.266 e. The fraction of sp³-hybridized carbons (Fsp3) is 0.241. The second-order valence-corrected chi connectivity index (χ2v) is 9.18. The maximum absolute atomic E-state index is 13.1. The van der Waals surface area contributed by atoms with E-state index in [0.29, 0.717) is 41.3 Å². The van der Waals surface area contributed by atoms with E-state index in [0.717, 1.165) is 22.6 Å². The normalized spacial score (nSPS) is 15.6. The first-order valence-corrected chi connectivity index (χ1v) is 12.7. The van der Waals surface area contributed by atoms with Gasteiger partial charge in [0.15, 0.2) is 16.7 Å². The highest BCUT2D eigenvalue weighted by Gasteiger charge is 2.32. The van der Waals surface area contributed by atoms with Crippen LogP contribution in [-0.2, 0) is 11.4 Å². The first-order valence-electron chi connectivity index (χ1n) is 11.9. The number of likely N-dealkylation sites (N-methyl/N-ethyl adjacent to an activating group) is 1. The molecule has 36 heavy (non-hydrogen) atoms. The second kappa shape index (κ2) is 11.8. The van der Waals surface area contributed by atoms with Crippen LogP contribution in [0.25, 0.3) is 6.08 Å². The van der Waals surface area contributed by atoms with Crippen LogP contribution < -0.4 is 14.2 Å². The summed E-state index contributed by atoms with van der Waals surface area (Å²) in [6, 6.07) is 21.4. The van der Waals surface area contributed by atoms with Crippen molar-refractivity contribution in [2.75, 3.05) is 20.3 Å². The van der Waals surface area contributed by atoms with Gasteiger partial charge in [0.2, 0.25) is 0 Å². The van der Waals surface area contributed by atoms with Crippen molar-refractivity contribution in [3.8, 4) is 17.2 Å². The third-order valence-electron chi connectivity index (χ3n) is 5.58. The molecule has 4 rings (SSSR count). The van der Waals surface area contributed by atoms with Crippen molar-refractivity contribution in [1.82, 2.24) is 4.90 Å². The summed E-state index contributed by atoms with van der Waals surface area (Å²) in [7, 11) is 1.63. The van der Waals surface area contributed by atoms with Gasteiger partial charge in [0.1, 0.15) is 12.4 Å². The Morgan fingerprint density at radius 2 is 1.69 bits per heavy atom. The van der Waals surface area contributed by atoms with Crippen LogP contribution in [0.1, 0.15) is 30.5 Å². The van der Waals surface area contributed by atoms with E-state index in [-0.39, 0.29) is 5.91 Å². The van der Waals surface area contributed by atoms with Gasteiger partial charge in [-0.05, 0) is 86.1 Å². The Balaban J connectivity index is 1.54. The molecule has 1 saturated heterocycles. The fourth-order valence-electron chi connectivity index (χ4n) is 3.64. The minimum atomic E-state index is -0.0626. The molecule has 0 atom stereocenters. The summed E-state index contributed by atoms with van der Waals surface area (Å²) in [4.78, 5) is 20.1. The van der Waals surface area contributed by atoms with E-state index >= 15 is 0 Å². The lowest BCUT2D eigenvalue weighted by atomic mass is 10.1. The number of thioether (sulfide) groups is 1. The van der Waals surface area contributed by atoms with Crippen LogP contribution in [0, 0.1) is 6.92 Å². The standard InChI is InChI=1S/C29H30N2O4S/c1-5-31-28(32)27(36-29(31)30-23-12-14-24(33-4)15-13-23)18-22-11-16-25(26(17-22)34-6-2)35-19-21-9-7-20(3)8-10-21/h7-18H,5-6,19H2,1-4H3/b27-18+,30-29?. The van der Waals surface area contributed by atoms with E-state index < -0.39 is 0 Å². The van der Waals surface area contributed by atoms with Gasteiger partial charge in [-0.15, -0.1) is 0 Å². The topological polar surface area (TPSA) is 60.4 Å². The van der Waals surface area contributed by atoms with Crippen molar-refractivity contribution in [2.24, 2.45) is 4.99 Å². The highest BCUT2D eigenvalue weighted by atomic mass is 32.2. The van der Waals surface area contributed by atoms with Crippen LogP contribution in [0.3, 0.4) is 0 Å². The summed E-state index contributed by atoms with van der Waals surface area (Å²) in [5.41, 5.74) is 3.92. The minimum Gasteiger partial charge on any atom is -0.497 e. The van der Waals surface area contributed by atoms with Crippen molar-refractivity contribution in [1.29, 1.82) is 0 Å². The molecular formula is C29H30N2O4S. The molecule has 7 heteroatoms. The highest BCUT2D eigenvalue weighted by Crippen LogP contribution is 2.36. The molecule has 0 N–H and O–H groups in total. The van der Waals surface area contributed by atoms with E-state index in [1.165, 1.54) is 17.3 Å². The summed E-state index contributed by atoms with van der Waals surface area (Å²) in [5.74, 6) is 2.02. The number of aliphatic imine (C=N–C) groups is 1. The van der Waals surface area contributed by atoms with Crippen molar-refractivity contribution in [3.63, 3.8) is 0 Å². The largest absolute Gasteiger partial charge is 0.497 e. The first-order chi connectivity index (χ1) is 17.5. The molecule has 3 aromatic rings. The fourth-order valence-corrected chi connectivity index (χ4v) is 4.70. The Labute approximate surface area is 216 Å². The number of amides is 1. The van der Waals surface area contributed by atoms with Crippen LogP contribution in [0.2, 0.25) is 0 Å². The number of rotatable bonds is 9. The molecule has 0 unspecified atom stereocenters. The van der Waals surface area contributed by atoms with Crippen LogP contribution in [-0.4, -0.2) is 36.2 Å². The molecule has 6 nitrogen and oxygen atoms in total. The Hall–Kier alpha value is -3.71. The monoisotopic (exact) mass is 502 g/mol. The zero-order valence-corrected chi connectivity index (χ0v) is 21.8. The average Bonchev–Trinajstić information content (AvgIpc) is 3.18. The maximum atomic E-state index is 13.1. The molecule has 0 radical (unpaired) electrons. The summed E-state index contributed by atoms with van der Waals surface area (Å²) < 4.78 is 17.1. The predicted octanol–water partition coefficient (Wildman–Crippen LogP) is 6.61. The van der Waals surface area contributed by atoms with Gasteiger partial charge in [-0.2, -0.15) is 0 Å². The van der Waals surface area contributed by atoms with Crippen LogP contribution in [0.4, 0.5) is 5.69 Å². The van der Waals surface area contributed by atoms with Crippen molar-refractivity contribution in [3.05, 3.63) is 88.3 Å². The van der Waals surface area contributed by atoms with E-state index in [9.17, 15) is 4.79 Å². The summed E-state index contributed by atoms with van der Waals surface area (Å²) in [5, 5.41) is 0.655. The van der Waals surface area contributed by atoms with Crippen molar-refractivity contribution in [2.45, 2.75) is 27.4 Å². The van der Waals surface area contributed by atoms with Gasteiger partial charge in [-0.1, -0.05) is 35.9 Å². The Morgan fingerprint density at radius 3 is 2.36 bits per heavy atom. The molecular weight excluding hydrogens is 472 g/mol. The van der Waals surface area contributed by atoms with E-state index in [1.54, 1.807) is 12.0 Å². The molecule has 1 heterocycles. The number of carbonyl (C=O) groups excluding carboxylic acids is 1. The molecule has 1 fully saturated rings. The van der Waals surface area contributed by atoms with Crippen molar-refractivity contribution >= 4 is 34.6 Å². The lowest BCUT2D eigenvalue weighted by Crippen LogP contribution is -2.28. The van der Waals surface area contributed by atoms with Crippen LogP contribution >= 0.6 is 11.8 Å². The predicted molar refractivity (Wildman–Crippen MR) is 146 cm³/mol. The molecule has 0 bridgehead atoms. The van der Waals surface area contributed by atoms with Gasteiger partial charge >= 0.3 is 0 Å². The van der Waals surface area contributed by atoms with E-state index in [4.69, 9.17) is 19.2 Å². The van der Waals surface area contributed by atoms with Crippen LogP contribution in [0.15, 0.2) is 76.6 Å². The van der Waals surface area contributed by atoms with Gasteiger partial charge in [-0.25, -0.2) is 4.99 Å². The number of nitrogens with zero attached hydrogens (tertiary/aromatic N) is 2.